The summed E-state index contributed by atoms with van der Waals surface area (Å²) in [5.41, 5.74) is 2.44. The van der Waals surface area contributed by atoms with Crippen molar-refractivity contribution in [2.45, 2.75) is 44.8 Å². The molecule has 2 aliphatic rings. The number of aryl methyl sites for hydroxylation is 2. The average molecular weight is 395 g/mol. The summed E-state index contributed by atoms with van der Waals surface area (Å²) in [6.45, 7) is 3.12. The minimum absolute atomic E-state index is 0.0847. The molecule has 8 heteroatoms. The van der Waals surface area contributed by atoms with E-state index in [1.807, 2.05) is 17.9 Å². The van der Waals surface area contributed by atoms with E-state index in [4.69, 9.17) is 4.74 Å². The van der Waals surface area contributed by atoms with Gasteiger partial charge in [0.1, 0.15) is 12.4 Å². The van der Waals surface area contributed by atoms with Gasteiger partial charge in [-0.1, -0.05) is 0 Å². The summed E-state index contributed by atoms with van der Waals surface area (Å²) in [6.07, 6.45) is 8.69. The number of rotatable bonds is 5. The average Bonchev–Trinajstić information content (AvgIpc) is 3.18. The first kappa shape index (κ1) is 19.4. The zero-order valence-corrected chi connectivity index (χ0v) is 16.5. The van der Waals surface area contributed by atoms with Crippen molar-refractivity contribution in [2.24, 2.45) is 5.92 Å². The van der Waals surface area contributed by atoms with Crippen molar-refractivity contribution in [1.29, 1.82) is 0 Å². The highest BCUT2D eigenvalue weighted by Gasteiger charge is 2.42. The third-order valence-electron chi connectivity index (χ3n) is 5.70. The molecule has 2 aromatic heterocycles. The van der Waals surface area contributed by atoms with Crippen LogP contribution in [0.25, 0.3) is 0 Å². The second kappa shape index (κ2) is 8.65. The lowest BCUT2D eigenvalue weighted by Gasteiger charge is -2.34. The van der Waals surface area contributed by atoms with Crippen LogP contribution in [0.3, 0.4) is 0 Å². The molecule has 2 saturated heterocycles. The number of nitrogens with one attached hydrogen (secondary N) is 1. The van der Waals surface area contributed by atoms with Crippen LogP contribution in [0.2, 0.25) is 0 Å². The molecule has 8 nitrogen and oxygen atoms in total. The fraction of sp³-hybridized carbons (Fsp3) is 0.476. The van der Waals surface area contributed by atoms with Crippen molar-refractivity contribution in [2.75, 3.05) is 18.4 Å². The van der Waals surface area contributed by atoms with Crippen molar-refractivity contribution < 1.29 is 14.3 Å². The zero-order valence-electron chi connectivity index (χ0n) is 16.5. The van der Waals surface area contributed by atoms with Gasteiger partial charge in [0.2, 0.25) is 5.91 Å². The van der Waals surface area contributed by atoms with Gasteiger partial charge in [0.25, 0.3) is 5.91 Å². The van der Waals surface area contributed by atoms with E-state index in [9.17, 15) is 9.59 Å². The summed E-state index contributed by atoms with van der Waals surface area (Å²) in [6, 6.07) is 3.63. The molecular formula is C21H25N5O3. The maximum Gasteiger partial charge on any atom is 0.253 e. The van der Waals surface area contributed by atoms with Gasteiger partial charge in [0.05, 0.1) is 17.5 Å². The number of likely N-dealkylation sites (tertiary alicyclic amines) is 1. The molecule has 4 heterocycles. The van der Waals surface area contributed by atoms with Crippen LogP contribution in [0.4, 0.5) is 5.69 Å². The molecule has 0 saturated carbocycles. The first-order chi connectivity index (χ1) is 14.1. The highest BCUT2D eigenvalue weighted by molar-refractivity contribution is 5.94. The molecule has 3 atom stereocenters. The molecule has 1 N–H and O–H groups in total. The largest absolute Gasteiger partial charge is 0.363 e. The molecule has 0 radical (unpaired) electrons. The summed E-state index contributed by atoms with van der Waals surface area (Å²) in [4.78, 5) is 39.2. The lowest BCUT2D eigenvalue weighted by molar-refractivity contribution is -0.136. The highest BCUT2D eigenvalue weighted by Crippen LogP contribution is 2.34. The SMILES string of the molecule is Cc1ncccc1NC(=O)C1C[C@@H]2CCN(C(=O)CCc3cncnc3)C[C@@H]2O1. The van der Waals surface area contributed by atoms with Gasteiger partial charge in [0, 0.05) is 38.1 Å². The Morgan fingerprint density at radius 3 is 2.93 bits per heavy atom. The van der Waals surface area contributed by atoms with Gasteiger partial charge in [-0.2, -0.15) is 0 Å². The van der Waals surface area contributed by atoms with Crippen LogP contribution in [0, 0.1) is 12.8 Å². The van der Waals surface area contributed by atoms with Gasteiger partial charge < -0.3 is 15.0 Å². The molecule has 0 spiro atoms. The fourth-order valence-electron chi connectivity index (χ4n) is 4.02. The maximum absolute atomic E-state index is 12.6. The van der Waals surface area contributed by atoms with Gasteiger partial charge >= 0.3 is 0 Å². The number of carbonyl (C=O) groups excluding carboxylic acids is 2. The van der Waals surface area contributed by atoms with Crippen molar-refractivity contribution in [1.82, 2.24) is 19.9 Å². The molecule has 0 aliphatic carbocycles. The molecule has 1 unspecified atom stereocenters. The molecule has 4 rings (SSSR count). The Labute approximate surface area is 169 Å². The van der Waals surface area contributed by atoms with E-state index in [0.29, 0.717) is 44.0 Å². The van der Waals surface area contributed by atoms with Gasteiger partial charge in [-0.15, -0.1) is 0 Å². The van der Waals surface area contributed by atoms with Crippen LogP contribution in [0.1, 0.15) is 30.5 Å². The molecule has 0 aromatic carbocycles. The second-order valence-electron chi connectivity index (χ2n) is 7.66. The number of piperidine rings is 1. The first-order valence-corrected chi connectivity index (χ1v) is 10.00. The van der Waals surface area contributed by atoms with E-state index in [1.54, 1.807) is 24.7 Å². The molecule has 29 heavy (non-hydrogen) atoms. The summed E-state index contributed by atoms with van der Waals surface area (Å²) in [5.74, 6) is 0.277. The Hall–Kier alpha value is -2.87. The van der Waals surface area contributed by atoms with Crippen molar-refractivity contribution in [3.05, 3.63) is 48.3 Å². The van der Waals surface area contributed by atoms with E-state index >= 15 is 0 Å². The van der Waals surface area contributed by atoms with Crippen molar-refractivity contribution >= 4 is 17.5 Å². The van der Waals surface area contributed by atoms with Crippen LogP contribution in [-0.2, 0) is 20.7 Å². The monoisotopic (exact) mass is 395 g/mol. The van der Waals surface area contributed by atoms with E-state index in [1.165, 1.54) is 6.33 Å². The molecule has 2 aliphatic heterocycles. The number of nitrogens with zero attached hydrogens (tertiary/aromatic N) is 4. The van der Waals surface area contributed by atoms with Crippen molar-refractivity contribution in [3.8, 4) is 0 Å². The van der Waals surface area contributed by atoms with Crippen LogP contribution in [0.15, 0.2) is 37.1 Å². The number of carbonyl (C=O) groups is 2. The van der Waals surface area contributed by atoms with Crippen LogP contribution in [0.5, 0.6) is 0 Å². The predicted molar refractivity (Wildman–Crippen MR) is 106 cm³/mol. The molecule has 2 fully saturated rings. The fourth-order valence-corrected chi connectivity index (χ4v) is 4.02. The number of amides is 2. The normalized spacial score (nSPS) is 23.5. The quantitative estimate of drug-likeness (QED) is 0.829. The third kappa shape index (κ3) is 4.59. The lowest BCUT2D eigenvalue weighted by Crippen LogP contribution is -2.45. The topological polar surface area (TPSA) is 97.3 Å². The molecule has 2 amide bonds. The number of pyridine rings is 1. The number of anilines is 1. The van der Waals surface area contributed by atoms with E-state index in [2.05, 4.69) is 20.3 Å². The Morgan fingerprint density at radius 2 is 2.14 bits per heavy atom. The van der Waals surface area contributed by atoms with Gasteiger partial charge in [0.15, 0.2) is 0 Å². The van der Waals surface area contributed by atoms with Gasteiger partial charge in [-0.3, -0.25) is 14.6 Å². The summed E-state index contributed by atoms with van der Waals surface area (Å²) in [7, 11) is 0. The number of ether oxygens (including phenoxy) is 1. The van der Waals surface area contributed by atoms with Gasteiger partial charge in [-0.25, -0.2) is 9.97 Å². The smallest absolute Gasteiger partial charge is 0.253 e. The Morgan fingerprint density at radius 1 is 1.31 bits per heavy atom. The molecule has 0 bridgehead atoms. The second-order valence-corrected chi connectivity index (χ2v) is 7.66. The zero-order chi connectivity index (χ0) is 20.2. The standard InChI is InChI=1S/C21H25N5O3/c1-14-17(3-2-7-24-14)25-21(28)18-9-16-6-8-26(12-19(16)29-18)20(27)5-4-15-10-22-13-23-11-15/h2-3,7,10-11,13,16,18-19H,4-6,8-9,12H2,1H3,(H,25,28)/t16-,18?,19-/m0/s1. The Balaban J connectivity index is 1.29. The first-order valence-electron chi connectivity index (χ1n) is 10.00. The van der Waals surface area contributed by atoms with E-state index in [-0.39, 0.29) is 17.9 Å². The summed E-state index contributed by atoms with van der Waals surface area (Å²) in [5, 5.41) is 2.92. The predicted octanol–water partition coefficient (Wildman–Crippen LogP) is 1.76. The molecule has 2 aromatic rings. The lowest BCUT2D eigenvalue weighted by atomic mass is 9.91. The minimum Gasteiger partial charge on any atom is -0.363 e. The van der Waals surface area contributed by atoms with Crippen LogP contribution in [-0.4, -0.2) is 57.0 Å². The Kier molecular flexibility index (Phi) is 5.80. The number of hydrogen-bond acceptors (Lipinski definition) is 6. The summed E-state index contributed by atoms with van der Waals surface area (Å²) < 4.78 is 6.04. The molecular weight excluding hydrogens is 370 g/mol. The van der Waals surface area contributed by atoms with E-state index in [0.717, 1.165) is 17.7 Å². The van der Waals surface area contributed by atoms with Crippen LogP contribution >= 0.6 is 0 Å². The number of hydrogen-bond donors (Lipinski definition) is 1. The molecule has 152 valence electrons. The number of fused-ring (bicyclic) bond motifs is 1. The Bertz CT molecular complexity index is 876. The van der Waals surface area contributed by atoms with Crippen molar-refractivity contribution in [3.63, 3.8) is 0 Å². The highest BCUT2D eigenvalue weighted by atomic mass is 16.5. The van der Waals surface area contributed by atoms with E-state index < -0.39 is 6.10 Å². The minimum atomic E-state index is -0.485. The summed E-state index contributed by atoms with van der Waals surface area (Å²) >= 11 is 0. The van der Waals surface area contributed by atoms with Crippen LogP contribution < -0.4 is 5.32 Å². The maximum atomic E-state index is 12.6. The number of aromatic nitrogens is 3. The third-order valence-corrected chi connectivity index (χ3v) is 5.70. The van der Waals surface area contributed by atoms with Gasteiger partial charge in [-0.05, 0) is 49.8 Å².